The summed E-state index contributed by atoms with van der Waals surface area (Å²) in [4.78, 5) is 0. The van der Waals surface area contributed by atoms with Gasteiger partial charge in [-0.3, -0.25) is 0 Å². The van der Waals surface area contributed by atoms with E-state index in [1.165, 1.54) is 48.5 Å². The van der Waals surface area contributed by atoms with Crippen LogP contribution in [0.25, 0.3) is 11.1 Å². The van der Waals surface area contributed by atoms with Gasteiger partial charge in [-0.25, -0.2) is 0 Å². The molecule has 0 heterocycles. The van der Waals surface area contributed by atoms with Crippen LogP contribution in [-0.4, -0.2) is 0 Å². The minimum Gasteiger partial charge on any atom is -0.105 e. The van der Waals surface area contributed by atoms with Gasteiger partial charge in [-0.15, -0.1) is 9.24 Å². The maximum atomic E-state index is 2.99. The van der Waals surface area contributed by atoms with Crippen LogP contribution in [0.4, 0.5) is 0 Å². The van der Waals surface area contributed by atoms with Crippen molar-refractivity contribution >= 4 is 14.5 Å². The van der Waals surface area contributed by atoms with E-state index in [1.54, 1.807) is 5.56 Å². The highest BCUT2D eigenvalue weighted by Crippen LogP contribution is 2.34. The number of hydrogen-bond acceptors (Lipinski definition) is 0. The van der Waals surface area contributed by atoms with Crippen molar-refractivity contribution in [1.82, 2.24) is 0 Å². The van der Waals surface area contributed by atoms with E-state index >= 15 is 0 Å². The first-order chi connectivity index (χ1) is 9.36. The third kappa shape index (κ3) is 2.74. The molecule has 0 nitrogen and oxygen atoms in total. The van der Waals surface area contributed by atoms with Crippen molar-refractivity contribution in [3.05, 3.63) is 54.1 Å². The van der Waals surface area contributed by atoms with Crippen molar-refractivity contribution < 1.29 is 0 Å². The molecule has 0 spiro atoms. The fourth-order valence-electron chi connectivity index (χ4n) is 3.22. The fourth-order valence-corrected chi connectivity index (χ4v) is 3.82. The predicted molar refractivity (Wildman–Crippen MR) is 87.0 cm³/mol. The van der Waals surface area contributed by atoms with E-state index in [0.717, 1.165) is 5.92 Å². The molecule has 1 aliphatic carbocycles. The van der Waals surface area contributed by atoms with Crippen LogP contribution in [-0.2, 0) is 0 Å². The Morgan fingerprint density at radius 1 is 0.789 bits per heavy atom. The zero-order chi connectivity index (χ0) is 13.1. The summed E-state index contributed by atoms with van der Waals surface area (Å²) in [6.07, 6.45) is 6.93. The van der Waals surface area contributed by atoms with E-state index in [1.807, 2.05) is 0 Å². The Balaban J connectivity index is 1.99. The Labute approximate surface area is 118 Å². The summed E-state index contributed by atoms with van der Waals surface area (Å²) < 4.78 is 0. The van der Waals surface area contributed by atoms with Gasteiger partial charge in [0.05, 0.1) is 0 Å². The number of rotatable bonds is 2. The highest BCUT2D eigenvalue weighted by Gasteiger charge is 2.18. The highest BCUT2D eigenvalue weighted by molar-refractivity contribution is 7.28. The normalized spacial score (nSPS) is 16.5. The zero-order valence-electron chi connectivity index (χ0n) is 11.3. The van der Waals surface area contributed by atoms with Gasteiger partial charge in [0.1, 0.15) is 0 Å². The highest BCUT2D eigenvalue weighted by atomic mass is 31.0. The summed E-state index contributed by atoms with van der Waals surface area (Å²) in [7, 11) is 2.99. The lowest BCUT2D eigenvalue weighted by molar-refractivity contribution is 0.445. The van der Waals surface area contributed by atoms with E-state index in [2.05, 4.69) is 57.8 Å². The van der Waals surface area contributed by atoms with Gasteiger partial charge in [0.15, 0.2) is 0 Å². The molecule has 2 aromatic rings. The minimum atomic E-state index is 0.768. The van der Waals surface area contributed by atoms with Gasteiger partial charge in [-0.2, -0.15) is 0 Å². The second kappa shape index (κ2) is 5.88. The molecule has 1 aliphatic rings. The Morgan fingerprint density at radius 3 is 2.26 bits per heavy atom. The molecule has 0 bridgehead atoms. The van der Waals surface area contributed by atoms with Crippen LogP contribution < -0.4 is 5.30 Å². The van der Waals surface area contributed by atoms with Crippen molar-refractivity contribution in [1.29, 1.82) is 0 Å². The molecule has 2 aromatic carbocycles. The molecule has 0 aromatic heterocycles. The first-order valence-electron chi connectivity index (χ1n) is 7.30. The lowest BCUT2D eigenvalue weighted by atomic mass is 9.83. The summed E-state index contributed by atoms with van der Waals surface area (Å²) >= 11 is 0. The molecule has 1 saturated carbocycles. The third-order valence-corrected chi connectivity index (χ3v) is 4.91. The van der Waals surface area contributed by atoms with E-state index < -0.39 is 0 Å². The quantitative estimate of drug-likeness (QED) is 0.679. The lowest BCUT2D eigenvalue weighted by Crippen LogP contribution is -2.13. The first kappa shape index (κ1) is 12.9. The molecule has 0 amide bonds. The van der Waals surface area contributed by atoms with Crippen LogP contribution in [0.5, 0.6) is 0 Å². The Bertz CT molecular complexity index is 539. The molecule has 0 aliphatic heterocycles. The maximum Gasteiger partial charge on any atom is -0.0109 e. The molecular formula is C18H21P. The first-order valence-corrected chi connectivity index (χ1v) is 7.88. The Morgan fingerprint density at radius 2 is 1.53 bits per heavy atom. The lowest BCUT2D eigenvalue weighted by Gasteiger charge is -2.24. The van der Waals surface area contributed by atoms with Crippen LogP contribution in [0.15, 0.2) is 48.5 Å². The largest absolute Gasteiger partial charge is 0.105 e. The second-order valence-corrected chi connectivity index (χ2v) is 6.09. The second-order valence-electron chi connectivity index (χ2n) is 5.51. The van der Waals surface area contributed by atoms with Gasteiger partial charge in [-0.1, -0.05) is 67.8 Å². The molecule has 0 N–H and O–H groups in total. The van der Waals surface area contributed by atoms with Gasteiger partial charge in [0.25, 0.3) is 0 Å². The molecule has 0 radical (unpaired) electrons. The summed E-state index contributed by atoms with van der Waals surface area (Å²) in [5.41, 5.74) is 4.24. The van der Waals surface area contributed by atoms with Crippen LogP contribution in [0.1, 0.15) is 43.6 Å². The van der Waals surface area contributed by atoms with Crippen LogP contribution >= 0.6 is 9.24 Å². The van der Waals surface area contributed by atoms with Crippen LogP contribution in [0.2, 0.25) is 0 Å². The van der Waals surface area contributed by atoms with Gasteiger partial charge < -0.3 is 0 Å². The molecule has 0 saturated heterocycles. The van der Waals surface area contributed by atoms with Gasteiger partial charge in [0.2, 0.25) is 0 Å². The summed E-state index contributed by atoms with van der Waals surface area (Å²) in [5.74, 6) is 0.768. The summed E-state index contributed by atoms with van der Waals surface area (Å²) in [5, 5.41) is 1.40. The molecular weight excluding hydrogens is 247 g/mol. The smallest absolute Gasteiger partial charge is 0.0109 e. The van der Waals surface area contributed by atoms with Gasteiger partial charge in [0, 0.05) is 0 Å². The molecule has 1 unspecified atom stereocenters. The Kier molecular flexibility index (Phi) is 3.99. The summed E-state index contributed by atoms with van der Waals surface area (Å²) in [6, 6.07) is 17.5. The van der Waals surface area contributed by atoms with Crippen LogP contribution in [0, 0.1) is 0 Å². The van der Waals surface area contributed by atoms with E-state index in [4.69, 9.17) is 0 Å². The standard InChI is InChI=1S/C18H21P/c19-18-16(14-8-3-1-4-9-14)12-7-13-17(18)15-10-5-2-6-11-15/h1,3-4,7-9,12-13,15H,2,5-6,10-11,19H2. The maximum absolute atomic E-state index is 2.99. The van der Waals surface area contributed by atoms with Crippen molar-refractivity contribution in [3.8, 4) is 11.1 Å². The SMILES string of the molecule is Pc1c(-c2ccccc2)cccc1C1CCCCC1. The molecule has 1 heteroatoms. The minimum absolute atomic E-state index is 0.768. The topological polar surface area (TPSA) is 0 Å². The van der Waals surface area contributed by atoms with Crippen molar-refractivity contribution in [2.75, 3.05) is 0 Å². The number of hydrogen-bond donors (Lipinski definition) is 0. The van der Waals surface area contributed by atoms with Gasteiger partial charge >= 0.3 is 0 Å². The monoisotopic (exact) mass is 268 g/mol. The van der Waals surface area contributed by atoms with Crippen molar-refractivity contribution in [2.24, 2.45) is 0 Å². The molecule has 3 rings (SSSR count). The molecule has 19 heavy (non-hydrogen) atoms. The van der Waals surface area contributed by atoms with E-state index in [9.17, 15) is 0 Å². The fraction of sp³-hybridized carbons (Fsp3) is 0.333. The van der Waals surface area contributed by atoms with Crippen molar-refractivity contribution in [3.63, 3.8) is 0 Å². The van der Waals surface area contributed by atoms with Gasteiger partial charge in [-0.05, 0) is 40.8 Å². The average molecular weight is 268 g/mol. The molecule has 98 valence electrons. The number of benzene rings is 2. The van der Waals surface area contributed by atoms with E-state index in [0.29, 0.717) is 0 Å². The summed E-state index contributed by atoms with van der Waals surface area (Å²) in [6.45, 7) is 0. The Hall–Kier alpha value is -1.13. The van der Waals surface area contributed by atoms with E-state index in [-0.39, 0.29) is 0 Å². The predicted octanol–water partition coefficient (Wildman–Crippen LogP) is 4.90. The zero-order valence-corrected chi connectivity index (χ0v) is 12.5. The average Bonchev–Trinajstić information content (AvgIpc) is 2.49. The van der Waals surface area contributed by atoms with Crippen molar-refractivity contribution in [2.45, 2.75) is 38.0 Å². The molecule has 1 fully saturated rings. The molecule has 1 atom stereocenters. The van der Waals surface area contributed by atoms with Crippen LogP contribution in [0.3, 0.4) is 0 Å². The third-order valence-electron chi connectivity index (χ3n) is 4.27.